The lowest BCUT2D eigenvalue weighted by Gasteiger charge is -2.36. The van der Waals surface area contributed by atoms with E-state index >= 15 is 0 Å². The van der Waals surface area contributed by atoms with E-state index < -0.39 is 8.32 Å². The number of benzene rings is 1. The van der Waals surface area contributed by atoms with E-state index in [9.17, 15) is 10.1 Å². The van der Waals surface area contributed by atoms with Crippen LogP contribution in [0.1, 0.15) is 40.5 Å². The largest absolute Gasteiger partial charge is 0.492 e. The number of rotatable bonds is 13. The zero-order valence-corrected chi connectivity index (χ0v) is 23.4. The molecule has 1 saturated heterocycles. The molecule has 0 bridgehead atoms. The number of nitro benzene ring substituents is 1. The lowest BCUT2D eigenvalue weighted by molar-refractivity contribution is -0.384. The van der Waals surface area contributed by atoms with Gasteiger partial charge in [-0.05, 0) is 50.0 Å². The van der Waals surface area contributed by atoms with E-state index in [2.05, 4.69) is 63.0 Å². The average molecular weight is 495 g/mol. The monoisotopic (exact) mass is 494 g/mol. The van der Waals surface area contributed by atoms with Crippen LogP contribution in [0.2, 0.25) is 18.1 Å². The van der Waals surface area contributed by atoms with E-state index in [-0.39, 0.29) is 15.6 Å². The van der Waals surface area contributed by atoms with Crippen molar-refractivity contribution in [2.75, 3.05) is 64.8 Å². The molecule has 0 spiro atoms. The van der Waals surface area contributed by atoms with Crippen LogP contribution in [0.25, 0.3) is 0 Å². The Balaban J connectivity index is 1.80. The SMILES string of the molecule is C[C@H](CCCO[Si](C)(C)C(C)(C)C)CNc1cc(OCCN2CCN(C)CC2)ccc1[N+](=O)[O-]. The molecule has 1 fully saturated rings. The molecule has 0 amide bonds. The Kier molecular flexibility index (Phi) is 10.8. The summed E-state index contributed by atoms with van der Waals surface area (Å²) in [4.78, 5) is 15.9. The molecule has 1 N–H and O–H groups in total. The minimum Gasteiger partial charge on any atom is -0.492 e. The summed E-state index contributed by atoms with van der Waals surface area (Å²) in [7, 11) is 0.432. The molecule has 9 heteroatoms. The van der Waals surface area contributed by atoms with Gasteiger partial charge in [0.15, 0.2) is 8.32 Å². The van der Waals surface area contributed by atoms with Crippen molar-refractivity contribution in [3.8, 4) is 5.75 Å². The van der Waals surface area contributed by atoms with Crippen molar-refractivity contribution in [2.24, 2.45) is 5.92 Å². The number of ether oxygens (including phenoxy) is 1. The average Bonchev–Trinajstić information content (AvgIpc) is 2.76. The quantitative estimate of drug-likeness (QED) is 0.177. The summed E-state index contributed by atoms with van der Waals surface area (Å²) in [5, 5.41) is 15.0. The van der Waals surface area contributed by atoms with Crippen LogP contribution in [0.3, 0.4) is 0 Å². The molecule has 1 heterocycles. The van der Waals surface area contributed by atoms with E-state index in [1.807, 2.05) is 0 Å². The summed E-state index contributed by atoms with van der Waals surface area (Å²) in [6, 6.07) is 4.98. The number of nitrogens with one attached hydrogen (secondary N) is 1. The minimum atomic E-state index is -1.71. The maximum Gasteiger partial charge on any atom is 0.292 e. The smallest absolute Gasteiger partial charge is 0.292 e. The Morgan fingerprint density at radius 1 is 1.18 bits per heavy atom. The van der Waals surface area contributed by atoms with Crippen molar-refractivity contribution < 1.29 is 14.1 Å². The molecule has 1 aromatic carbocycles. The van der Waals surface area contributed by atoms with Gasteiger partial charge < -0.3 is 19.4 Å². The maximum absolute atomic E-state index is 11.5. The Morgan fingerprint density at radius 2 is 1.85 bits per heavy atom. The van der Waals surface area contributed by atoms with Gasteiger partial charge in [-0.1, -0.05) is 27.7 Å². The minimum absolute atomic E-state index is 0.0832. The van der Waals surface area contributed by atoms with Gasteiger partial charge in [-0.15, -0.1) is 0 Å². The molecule has 0 aliphatic carbocycles. The highest BCUT2D eigenvalue weighted by molar-refractivity contribution is 6.74. The summed E-state index contributed by atoms with van der Waals surface area (Å²) in [5.41, 5.74) is 0.603. The Morgan fingerprint density at radius 3 is 2.47 bits per heavy atom. The van der Waals surface area contributed by atoms with Crippen LogP contribution in [0.15, 0.2) is 18.2 Å². The first-order valence-electron chi connectivity index (χ1n) is 12.6. The molecule has 2 rings (SSSR count). The Labute approximate surface area is 207 Å². The first-order valence-corrected chi connectivity index (χ1v) is 15.5. The summed E-state index contributed by atoms with van der Waals surface area (Å²) in [6.45, 7) is 20.6. The van der Waals surface area contributed by atoms with Crippen molar-refractivity contribution in [1.29, 1.82) is 0 Å². The molecule has 34 heavy (non-hydrogen) atoms. The second-order valence-electron chi connectivity index (χ2n) is 11.2. The molecular weight excluding hydrogens is 448 g/mol. The number of nitrogens with zero attached hydrogens (tertiary/aromatic N) is 3. The van der Waals surface area contributed by atoms with Gasteiger partial charge >= 0.3 is 0 Å². The van der Waals surface area contributed by atoms with Crippen molar-refractivity contribution in [2.45, 2.75) is 58.7 Å². The first-order chi connectivity index (χ1) is 15.9. The summed E-state index contributed by atoms with van der Waals surface area (Å²) in [6.07, 6.45) is 2.00. The number of hydrogen-bond donors (Lipinski definition) is 1. The predicted molar refractivity (Wildman–Crippen MR) is 143 cm³/mol. The molecule has 1 atom stereocenters. The van der Waals surface area contributed by atoms with E-state index in [0.29, 0.717) is 30.5 Å². The molecule has 1 aliphatic rings. The summed E-state index contributed by atoms with van der Waals surface area (Å²) < 4.78 is 12.2. The van der Waals surface area contributed by atoms with Gasteiger partial charge in [0, 0.05) is 58.0 Å². The molecule has 0 aromatic heterocycles. The fourth-order valence-electron chi connectivity index (χ4n) is 3.63. The number of piperazine rings is 1. The van der Waals surface area contributed by atoms with Crippen LogP contribution >= 0.6 is 0 Å². The zero-order chi connectivity index (χ0) is 25.4. The molecule has 0 unspecified atom stereocenters. The maximum atomic E-state index is 11.5. The lowest BCUT2D eigenvalue weighted by Crippen LogP contribution is -2.45. The topological polar surface area (TPSA) is 80.1 Å². The van der Waals surface area contributed by atoms with E-state index in [1.54, 1.807) is 12.1 Å². The van der Waals surface area contributed by atoms with Crippen LogP contribution in [0.5, 0.6) is 5.75 Å². The molecular formula is C25H46N4O4Si. The number of likely N-dealkylation sites (N-methyl/N-ethyl adjacent to an activating group) is 1. The predicted octanol–water partition coefficient (Wildman–Crippen LogP) is 5.07. The number of nitro groups is 1. The third-order valence-corrected chi connectivity index (χ3v) is 11.7. The van der Waals surface area contributed by atoms with Crippen LogP contribution in [-0.4, -0.2) is 82.6 Å². The van der Waals surface area contributed by atoms with Gasteiger partial charge in [0.25, 0.3) is 5.69 Å². The van der Waals surface area contributed by atoms with Crippen LogP contribution in [0, 0.1) is 16.0 Å². The van der Waals surface area contributed by atoms with Gasteiger partial charge in [0.2, 0.25) is 0 Å². The highest BCUT2D eigenvalue weighted by Gasteiger charge is 2.36. The fraction of sp³-hybridized carbons (Fsp3) is 0.760. The second-order valence-corrected chi connectivity index (χ2v) is 16.0. The molecule has 8 nitrogen and oxygen atoms in total. The molecule has 1 aliphatic heterocycles. The Bertz CT molecular complexity index is 777. The van der Waals surface area contributed by atoms with Gasteiger partial charge in [-0.2, -0.15) is 0 Å². The lowest BCUT2D eigenvalue weighted by atomic mass is 10.1. The van der Waals surface area contributed by atoms with Gasteiger partial charge in [-0.3, -0.25) is 15.0 Å². The van der Waals surface area contributed by atoms with Crippen molar-refractivity contribution in [3.05, 3.63) is 28.3 Å². The standard InChI is InChI=1S/C25H46N4O4Si/c1-21(9-8-17-33-34(6,7)25(2,3)4)20-26-23-19-22(10-11-24(23)29(30)31)32-18-16-28-14-12-27(5)13-15-28/h10-11,19,21,26H,8-9,12-18,20H2,1-7H3/t21-/m1/s1. The van der Waals surface area contributed by atoms with Crippen LogP contribution in [-0.2, 0) is 4.43 Å². The fourth-order valence-corrected chi connectivity index (χ4v) is 4.72. The molecule has 0 radical (unpaired) electrons. The molecule has 0 saturated carbocycles. The van der Waals surface area contributed by atoms with E-state index in [4.69, 9.17) is 9.16 Å². The highest BCUT2D eigenvalue weighted by atomic mass is 28.4. The van der Waals surface area contributed by atoms with Crippen molar-refractivity contribution in [1.82, 2.24) is 9.80 Å². The van der Waals surface area contributed by atoms with E-state index in [1.165, 1.54) is 6.07 Å². The Hall–Kier alpha value is -1.68. The van der Waals surface area contributed by atoms with Gasteiger partial charge in [-0.25, -0.2) is 0 Å². The summed E-state index contributed by atoms with van der Waals surface area (Å²) in [5.74, 6) is 1.04. The number of hydrogen-bond acceptors (Lipinski definition) is 7. The van der Waals surface area contributed by atoms with Crippen molar-refractivity contribution in [3.63, 3.8) is 0 Å². The number of anilines is 1. The van der Waals surface area contributed by atoms with Crippen LogP contribution in [0.4, 0.5) is 11.4 Å². The first kappa shape index (κ1) is 28.6. The van der Waals surface area contributed by atoms with Crippen molar-refractivity contribution >= 4 is 19.7 Å². The third-order valence-electron chi connectivity index (χ3n) is 7.19. The summed E-state index contributed by atoms with van der Waals surface area (Å²) >= 11 is 0. The molecule has 1 aromatic rings. The van der Waals surface area contributed by atoms with Gasteiger partial charge in [0.05, 0.1) is 4.92 Å². The highest BCUT2D eigenvalue weighted by Crippen LogP contribution is 2.36. The van der Waals surface area contributed by atoms with Gasteiger partial charge in [0.1, 0.15) is 18.0 Å². The zero-order valence-electron chi connectivity index (χ0n) is 22.4. The second kappa shape index (κ2) is 12.9. The van der Waals surface area contributed by atoms with E-state index in [0.717, 1.165) is 52.2 Å². The van der Waals surface area contributed by atoms with Crippen LogP contribution < -0.4 is 10.1 Å². The normalized spacial score (nSPS) is 16.9. The molecule has 194 valence electrons. The third kappa shape index (κ3) is 9.17.